The van der Waals surface area contributed by atoms with Gasteiger partial charge in [0.05, 0.1) is 12.1 Å². The minimum absolute atomic E-state index is 0.205. The number of nitrogens with one attached hydrogen (secondary N) is 1. The van der Waals surface area contributed by atoms with E-state index >= 15 is 0 Å². The van der Waals surface area contributed by atoms with Crippen molar-refractivity contribution < 1.29 is 5.11 Å². The van der Waals surface area contributed by atoms with Crippen molar-refractivity contribution in [2.24, 2.45) is 0 Å². The maximum Gasteiger partial charge on any atom is 0.0674 e. The first-order valence-electron chi connectivity index (χ1n) is 8.56. The van der Waals surface area contributed by atoms with Crippen LogP contribution in [0.25, 0.3) is 0 Å². The second-order valence-electron chi connectivity index (χ2n) is 7.65. The van der Waals surface area contributed by atoms with Crippen LogP contribution in [0.5, 0.6) is 0 Å². The van der Waals surface area contributed by atoms with E-state index in [1.54, 1.807) is 0 Å². The van der Waals surface area contributed by atoms with Gasteiger partial charge in [-0.15, -0.1) is 0 Å². The van der Waals surface area contributed by atoms with Crippen LogP contribution in [0.2, 0.25) is 0 Å². The topological polar surface area (TPSA) is 32.3 Å². The Balaban J connectivity index is 1.94. The Morgan fingerprint density at radius 3 is 2.38 bits per heavy atom. The van der Waals surface area contributed by atoms with Crippen molar-refractivity contribution in [1.29, 1.82) is 0 Å². The number of aliphatic hydroxyl groups excluding tert-OH is 1. The smallest absolute Gasteiger partial charge is 0.0674 e. The highest BCUT2D eigenvalue weighted by Gasteiger charge is 2.43. The summed E-state index contributed by atoms with van der Waals surface area (Å²) in [6.45, 7) is 4.86. The van der Waals surface area contributed by atoms with Crippen molar-refractivity contribution in [2.45, 2.75) is 75.8 Å². The van der Waals surface area contributed by atoms with E-state index in [-0.39, 0.29) is 17.6 Å². The summed E-state index contributed by atoms with van der Waals surface area (Å²) in [6, 6.07) is 9.30. The van der Waals surface area contributed by atoms with Crippen LogP contribution >= 0.6 is 0 Å². The molecule has 21 heavy (non-hydrogen) atoms. The summed E-state index contributed by atoms with van der Waals surface area (Å²) in [4.78, 5) is 0. The van der Waals surface area contributed by atoms with Crippen LogP contribution in [0.1, 0.15) is 69.9 Å². The van der Waals surface area contributed by atoms with Gasteiger partial charge in [-0.25, -0.2) is 0 Å². The van der Waals surface area contributed by atoms with Crippen molar-refractivity contribution in [3.8, 4) is 0 Å². The van der Waals surface area contributed by atoms with E-state index in [1.807, 2.05) is 0 Å². The van der Waals surface area contributed by atoms with Gasteiger partial charge < -0.3 is 10.4 Å². The van der Waals surface area contributed by atoms with Crippen molar-refractivity contribution in [3.05, 3.63) is 35.4 Å². The molecule has 3 rings (SSSR count). The minimum atomic E-state index is -0.228. The molecule has 116 valence electrons. The van der Waals surface area contributed by atoms with E-state index in [2.05, 4.69) is 43.4 Å². The quantitative estimate of drug-likeness (QED) is 0.884. The second kappa shape index (κ2) is 5.73. The number of fused-ring (bicyclic) bond motifs is 1. The molecule has 1 saturated carbocycles. The van der Waals surface area contributed by atoms with E-state index in [0.29, 0.717) is 6.04 Å². The molecule has 0 aromatic heterocycles. The second-order valence-corrected chi connectivity index (χ2v) is 7.65. The third kappa shape index (κ3) is 2.76. The highest BCUT2D eigenvalue weighted by Crippen LogP contribution is 2.45. The van der Waals surface area contributed by atoms with Gasteiger partial charge in [0.1, 0.15) is 0 Å². The zero-order chi connectivity index (χ0) is 14.9. The normalized spacial score (nSPS) is 29.1. The molecule has 2 aliphatic carbocycles. The third-order valence-corrected chi connectivity index (χ3v) is 5.70. The van der Waals surface area contributed by atoms with Crippen LogP contribution in [0.4, 0.5) is 0 Å². The number of aliphatic hydroxyl groups is 1. The zero-order valence-corrected chi connectivity index (χ0v) is 13.5. The molecule has 2 heteroatoms. The largest absolute Gasteiger partial charge is 0.394 e. The van der Waals surface area contributed by atoms with Crippen LogP contribution in [-0.2, 0) is 11.0 Å². The monoisotopic (exact) mass is 287 g/mol. The Bertz CT molecular complexity index is 490. The SMILES string of the molecule is CC1(C)CCC(CO)(NC2CCCCC2)c2ccccc21. The maximum atomic E-state index is 10.2. The fourth-order valence-corrected chi connectivity index (χ4v) is 4.28. The fourth-order valence-electron chi connectivity index (χ4n) is 4.28. The first kappa shape index (κ1) is 15.1. The molecule has 0 heterocycles. The molecular weight excluding hydrogens is 258 g/mol. The Hall–Kier alpha value is -0.860. The molecule has 1 aromatic rings. The average Bonchev–Trinajstić information content (AvgIpc) is 2.52. The lowest BCUT2D eigenvalue weighted by atomic mass is 9.65. The molecular formula is C19H29NO. The number of hydrogen-bond acceptors (Lipinski definition) is 2. The van der Waals surface area contributed by atoms with Gasteiger partial charge in [0.15, 0.2) is 0 Å². The summed E-state index contributed by atoms with van der Waals surface area (Å²) < 4.78 is 0. The molecule has 1 unspecified atom stereocenters. The lowest BCUT2D eigenvalue weighted by Crippen LogP contribution is -2.54. The van der Waals surface area contributed by atoms with Gasteiger partial charge in [0.2, 0.25) is 0 Å². The Labute approximate surface area is 129 Å². The Morgan fingerprint density at radius 2 is 1.71 bits per heavy atom. The molecule has 1 fully saturated rings. The predicted octanol–water partition coefficient (Wildman–Crippen LogP) is 3.87. The summed E-state index contributed by atoms with van der Waals surface area (Å²) >= 11 is 0. The molecule has 2 aliphatic rings. The number of rotatable bonds is 3. The number of hydrogen-bond donors (Lipinski definition) is 2. The standard InChI is InChI=1S/C19H29NO/c1-18(2)12-13-19(14-21,17-11-7-6-10-16(17)18)20-15-8-4-3-5-9-15/h6-7,10-11,15,20-21H,3-5,8-9,12-14H2,1-2H3. The predicted molar refractivity (Wildman–Crippen MR) is 87.5 cm³/mol. The summed E-state index contributed by atoms with van der Waals surface area (Å²) in [5, 5.41) is 14.1. The summed E-state index contributed by atoms with van der Waals surface area (Å²) in [5.41, 5.74) is 2.72. The van der Waals surface area contributed by atoms with E-state index in [0.717, 1.165) is 12.8 Å². The fraction of sp³-hybridized carbons (Fsp3) is 0.684. The lowest BCUT2D eigenvalue weighted by Gasteiger charge is -2.47. The molecule has 0 aliphatic heterocycles. The average molecular weight is 287 g/mol. The molecule has 1 aromatic carbocycles. The highest BCUT2D eigenvalue weighted by molar-refractivity contribution is 5.41. The van der Waals surface area contributed by atoms with E-state index in [1.165, 1.54) is 43.2 Å². The van der Waals surface area contributed by atoms with Crippen molar-refractivity contribution in [1.82, 2.24) is 5.32 Å². The number of benzene rings is 1. The Kier molecular flexibility index (Phi) is 4.11. The van der Waals surface area contributed by atoms with Gasteiger partial charge in [-0.2, -0.15) is 0 Å². The third-order valence-electron chi connectivity index (χ3n) is 5.70. The first-order valence-corrected chi connectivity index (χ1v) is 8.56. The summed E-state index contributed by atoms with van der Waals surface area (Å²) in [6.07, 6.45) is 8.70. The molecule has 2 nitrogen and oxygen atoms in total. The maximum absolute atomic E-state index is 10.2. The van der Waals surface area contributed by atoms with Crippen molar-refractivity contribution in [2.75, 3.05) is 6.61 Å². The minimum Gasteiger partial charge on any atom is -0.394 e. The van der Waals surface area contributed by atoms with Crippen molar-refractivity contribution >= 4 is 0 Å². The highest BCUT2D eigenvalue weighted by atomic mass is 16.3. The Morgan fingerprint density at radius 1 is 1.05 bits per heavy atom. The molecule has 0 saturated heterocycles. The molecule has 1 atom stereocenters. The van der Waals surface area contributed by atoms with Gasteiger partial charge in [-0.05, 0) is 42.2 Å². The van der Waals surface area contributed by atoms with Gasteiger partial charge in [-0.3, -0.25) is 0 Å². The van der Waals surface area contributed by atoms with Crippen molar-refractivity contribution in [3.63, 3.8) is 0 Å². The van der Waals surface area contributed by atoms with Gasteiger partial charge >= 0.3 is 0 Å². The summed E-state index contributed by atoms with van der Waals surface area (Å²) in [5.74, 6) is 0. The van der Waals surface area contributed by atoms with E-state index in [9.17, 15) is 5.11 Å². The first-order chi connectivity index (χ1) is 10.1. The molecule has 2 N–H and O–H groups in total. The molecule has 0 radical (unpaired) electrons. The lowest BCUT2D eigenvalue weighted by molar-refractivity contribution is 0.108. The van der Waals surface area contributed by atoms with Crippen LogP contribution < -0.4 is 5.32 Å². The zero-order valence-electron chi connectivity index (χ0n) is 13.5. The van der Waals surface area contributed by atoms with Crippen LogP contribution in [0.15, 0.2) is 24.3 Å². The van der Waals surface area contributed by atoms with E-state index < -0.39 is 0 Å². The van der Waals surface area contributed by atoms with E-state index in [4.69, 9.17) is 0 Å². The van der Waals surface area contributed by atoms with Gasteiger partial charge in [0, 0.05) is 6.04 Å². The van der Waals surface area contributed by atoms with Crippen LogP contribution in [0.3, 0.4) is 0 Å². The summed E-state index contributed by atoms with van der Waals surface area (Å²) in [7, 11) is 0. The van der Waals surface area contributed by atoms with Gasteiger partial charge in [0.25, 0.3) is 0 Å². The molecule has 0 spiro atoms. The van der Waals surface area contributed by atoms with Gasteiger partial charge in [-0.1, -0.05) is 57.4 Å². The molecule has 0 amide bonds. The van der Waals surface area contributed by atoms with Crippen LogP contribution in [0, 0.1) is 0 Å². The molecule has 0 bridgehead atoms. The van der Waals surface area contributed by atoms with Crippen LogP contribution in [-0.4, -0.2) is 17.8 Å².